The number of hydrogen-bond acceptors (Lipinski definition) is 3. The van der Waals surface area contributed by atoms with Crippen LogP contribution in [-0.2, 0) is 9.63 Å². The fraction of sp³-hybridized carbons (Fsp3) is 0.667. The lowest BCUT2D eigenvalue weighted by molar-refractivity contribution is -0.142. The quantitative estimate of drug-likeness (QED) is 0.468. The van der Waals surface area contributed by atoms with Crippen molar-refractivity contribution >= 4 is 12.2 Å². The maximum atomic E-state index is 9.85. The second-order valence-corrected chi connectivity index (χ2v) is 2.17. The Bertz CT molecular complexity index is 131. The lowest BCUT2D eigenvalue weighted by Gasteiger charge is -1.93. The minimum Gasteiger partial charge on any atom is -0.479 e. The summed E-state index contributed by atoms with van der Waals surface area (Å²) in [4.78, 5) is 14.2. The van der Waals surface area contributed by atoms with Crippen molar-refractivity contribution in [2.24, 2.45) is 11.1 Å². The van der Waals surface area contributed by atoms with Crippen LogP contribution < -0.4 is 0 Å². The van der Waals surface area contributed by atoms with Gasteiger partial charge in [-0.1, -0.05) is 19.0 Å². The van der Waals surface area contributed by atoms with E-state index in [0.29, 0.717) is 0 Å². The fourth-order valence-corrected chi connectivity index (χ4v) is 0.257. The molecule has 58 valence electrons. The lowest BCUT2D eigenvalue weighted by atomic mass is 10.3. The minimum atomic E-state index is -1.01. The molecule has 0 saturated heterocycles. The average molecular weight is 145 g/mol. The highest BCUT2D eigenvalue weighted by atomic mass is 16.6. The van der Waals surface area contributed by atoms with Crippen LogP contribution in [0.2, 0.25) is 0 Å². The first-order valence-corrected chi connectivity index (χ1v) is 3.00. The summed E-state index contributed by atoms with van der Waals surface area (Å²) in [6, 6.07) is 0. The lowest BCUT2D eigenvalue weighted by Crippen LogP contribution is -2.03. The van der Waals surface area contributed by atoms with Crippen LogP contribution >= 0.6 is 0 Å². The van der Waals surface area contributed by atoms with Gasteiger partial charge in [0.15, 0.2) is 0 Å². The summed E-state index contributed by atoms with van der Waals surface area (Å²) in [5.74, 6) is -0.727. The Hall–Kier alpha value is -1.06. The molecule has 0 unspecified atom stereocenters. The van der Waals surface area contributed by atoms with Gasteiger partial charge in [0.2, 0.25) is 6.61 Å². The van der Waals surface area contributed by atoms with Crippen LogP contribution in [0.25, 0.3) is 0 Å². The molecule has 0 rings (SSSR count). The molecular formula is C6H11NO3. The summed E-state index contributed by atoms with van der Waals surface area (Å²) >= 11 is 0. The van der Waals surface area contributed by atoms with Gasteiger partial charge in [-0.25, -0.2) is 4.79 Å². The standard InChI is InChI=1S/C6H11NO3/c1-5(2)3-7-10-4-6(8)9/h3,5H,4H2,1-2H3,(H,8,9). The topological polar surface area (TPSA) is 58.9 Å². The maximum Gasteiger partial charge on any atom is 0.344 e. The highest BCUT2D eigenvalue weighted by Crippen LogP contribution is 1.85. The van der Waals surface area contributed by atoms with Crippen LogP contribution in [0.3, 0.4) is 0 Å². The summed E-state index contributed by atoms with van der Waals surface area (Å²) in [5.41, 5.74) is 0. The molecule has 4 nitrogen and oxygen atoms in total. The monoisotopic (exact) mass is 145 g/mol. The maximum absolute atomic E-state index is 9.85. The summed E-state index contributed by atoms with van der Waals surface area (Å²) < 4.78 is 0. The number of aliphatic carboxylic acids is 1. The normalized spacial score (nSPS) is 10.7. The van der Waals surface area contributed by atoms with Gasteiger partial charge in [-0.2, -0.15) is 0 Å². The van der Waals surface area contributed by atoms with Crippen LogP contribution in [0.4, 0.5) is 0 Å². The van der Waals surface area contributed by atoms with Crippen molar-refractivity contribution in [3.63, 3.8) is 0 Å². The molecule has 0 aromatic rings. The molecular weight excluding hydrogens is 134 g/mol. The molecule has 1 N–H and O–H groups in total. The van der Waals surface area contributed by atoms with Gasteiger partial charge in [0, 0.05) is 6.21 Å². The summed E-state index contributed by atoms with van der Waals surface area (Å²) in [6.07, 6.45) is 1.54. The second kappa shape index (κ2) is 4.78. The third kappa shape index (κ3) is 6.94. The average Bonchev–Trinajstić information content (AvgIpc) is 1.79. The predicted octanol–water partition coefficient (Wildman–Crippen LogP) is 0.729. The van der Waals surface area contributed by atoms with E-state index in [1.807, 2.05) is 13.8 Å². The van der Waals surface area contributed by atoms with Crippen LogP contribution in [0, 0.1) is 5.92 Å². The fourth-order valence-electron chi connectivity index (χ4n) is 0.257. The first-order chi connectivity index (χ1) is 4.63. The molecule has 0 aromatic heterocycles. The van der Waals surface area contributed by atoms with Crippen molar-refractivity contribution < 1.29 is 14.7 Å². The van der Waals surface area contributed by atoms with E-state index in [0.717, 1.165) is 0 Å². The summed E-state index contributed by atoms with van der Waals surface area (Å²) in [6.45, 7) is 3.48. The van der Waals surface area contributed by atoms with Gasteiger partial charge >= 0.3 is 5.97 Å². The highest BCUT2D eigenvalue weighted by Gasteiger charge is 1.93. The van der Waals surface area contributed by atoms with Crippen LogP contribution in [0.5, 0.6) is 0 Å². The zero-order valence-corrected chi connectivity index (χ0v) is 6.07. The van der Waals surface area contributed by atoms with Crippen molar-refractivity contribution in [1.82, 2.24) is 0 Å². The predicted molar refractivity (Wildman–Crippen MR) is 36.9 cm³/mol. The Morgan fingerprint density at radius 3 is 2.80 bits per heavy atom. The van der Waals surface area contributed by atoms with Gasteiger partial charge in [0.05, 0.1) is 0 Å². The van der Waals surface area contributed by atoms with Gasteiger partial charge < -0.3 is 9.94 Å². The van der Waals surface area contributed by atoms with Gasteiger partial charge in [-0.3, -0.25) is 0 Å². The van der Waals surface area contributed by atoms with E-state index in [2.05, 4.69) is 9.99 Å². The zero-order chi connectivity index (χ0) is 7.98. The third-order valence-corrected chi connectivity index (χ3v) is 0.622. The summed E-state index contributed by atoms with van der Waals surface area (Å²) in [5, 5.41) is 11.5. The smallest absolute Gasteiger partial charge is 0.344 e. The molecule has 0 aliphatic carbocycles. The highest BCUT2D eigenvalue weighted by molar-refractivity contribution is 5.68. The van der Waals surface area contributed by atoms with Gasteiger partial charge in [0.1, 0.15) is 0 Å². The van der Waals surface area contributed by atoms with Crippen molar-refractivity contribution in [2.45, 2.75) is 13.8 Å². The zero-order valence-electron chi connectivity index (χ0n) is 6.07. The van der Waals surface area contributed by atoms with E-state index in [4.69, 9.17) is 5.11 Å². The molecule has 0 radical (unpaired) electrons. The van der Waals surface area contributed by atoms with Crippen LogP contribution in [-0.4, -0.2) is 23.9 Å². The number of oxime groups is 1. The van der Waals surface area contributed by atoms with Crippen molar-refractivity contribution in [1.29, 1.82) is 0 Å². The van der Waals surface area contributed by atoms with E-state index < -0.39 is 5.97 Å². The van der Waals surface area contributed by atoms with E-state index >= 15 is 0 Å². The van der Waals surface area contributed by atoms with E-state index in [9.17, 15) is 4.79 Å². The molecule has 0 atom stereocenters. The Morgan fingerprint density at radius 2 is 2.40 bits per heavy atom. The second-order valence-electron chi connectivity index (χ2n) is 2.17. The minimum absolute atomic E-state index is 0.286. The van der Waals surface area contributed by atoms with Gasteiger partial charge in [-0.15, -0.1) is 0 Å². The van der Waals surface area contributed by atoms with E-state index in [-0.39, 0.29) is 12.5 Å². The van der Waals surface area contributed by atoms with Crippen molar-refractivity contribution in [2.75, 3.05) is 6.61 Å². The van der Waals surface area contributed by atoms with Crippen LogP contribution in [0.1, 0.15) is 13.8 Å². The molecule has 0 amide bonds. The summed E-state index contributed by atoms with van der Waals surface area (Å²) in [7, 11) is 0. The Morgan fingerprint density at radius 1 is 1.80 bits per heavy atom. The molecule has 0 fully saturated rings. The number of nitrogens with zero attached hydrogens (tertiary/aromatic N) is 1. The number of carboxylic acid groups (broad SMARTS) is 1. The van der Waals surface area contributed by atoms with Crippen molar-refractivity contribution in [3.8, 4) is 0 Å². The molecule has 0 saturated carbocycles. The van der Waals surface area contributed by atoms with E-state index in [1.54, 1.807) is 6.21 Å². The van der Waals surface area contributed by atoms with Crippen molar-refractivity contribution in [3.05, 3.63) is 0 Å². The first-order valence-electron chi connectivity index (χ1n) is 3.00. The molecule has 0 heterocycles. The molecule has 0 aliphatic heterocycles. The largest absolute Gasteiger partial charge is 0.479 e. The number of carbonyl (C=O) groups is 1. The third-order valence-electron chi connectivity index (χ3n) is 0.622. The Labute approximate surface area is 59.5 Å². The molecule has 10 heavy (non-hydrogen) atoms. The first kappa shape index (κ1) is 8.94. The Balaban J connectivity index is 3.27. The Kier molecular flexibility index (Phi) is 4.28. The number of carboxylic acids is 1. The molecule has 0 bridgehead atoms. The van der Waals surface area contributed by atoms with Crippen LogP contribution in [0.15, 0.2) is 5.16 Å². The van der Waals surface area contributed by atoms with Gasteiger partial charge in [-0.05, 0) is 5.92 Å². The molecule has 0 spiro atoms. The number of rotatable bonds is 4. The van der Waals surface area contributed by atoms with Gasteiger partial charge in [0.25, 0.3) is 0 Å². The molecule has 0 aromatic carbocycles. The number of hydrogen-bond donors (Lipinski definition) is 1. The molecule has 4 heteroatoms. The SMILES string of the molecule is CC(C)C=NOCC(=O)O. The van der Waals surface area contributed by atoms with E-state index in [1.165, 1.54) is 0 Å². The molecule has 0 aliphatic rings.